The number of rotatable bonds is 13. The number of sulfonamides is 1. The fraction of sp³-hybridized carbons (Fsp3) is 0.333. The number of benzene rings is 3. The van der Waals surface area contributed by atoms with Crippen molar-refractivity contribution < 1.29 is 18.0 Å². The van der Waals surface area contributed by atoms with Crippen molar-refractivity contribution in [2.45, 2.75) is 57.5 Å². The van der Waals surface area contributed by atoms with Crippen molar-refractivity contribution >= 4 is 62.3 Å². The van der Waals surface area contributed by atoms with E-state index in [0.717, 1.165) is 22.7 Å². The van der Waals surface area contributed by atoms with Crippen molar-refractivity contribution in [1.82, 2.24) is 10.2 Å². The van der Waals surface area contributed by atoms with Gasteiger partial charge in [0.05, 0.1) is 15.6 Å². The third-order valence-electron chi connectivity index (χ3n) is 6.61. The maximum absolute atomic E-state index is 14.1. The number of unbranched alkanes of at least 4 members (excludes halogenated alkanes) is 1. The molecule has 1 atom stereocenters. The number of nitrogens with zero attached hydrogens (tertiary/aromatic N) is 2. The molecule has 0 aliphatic heterocycles. The van der Waals surface area contributed by atoms with Gasteiger partial charge in [-0.05, 0) is 56.2 Å². The van der Waals surface area contributed by atoms with Gasteiger partial charge in [0.25, 0.3) is 10.0 Å². The third-order valence-corrected chi connectivity index (χ3v) is 9.42. The Kier molecular flexibility index (Phi) is 11.9. The van der Waals surface area contributed by atoms with E-state index in [9.17, 15) is 18.0 Å². The molecule has 220 valence electrons. The van der Waals surface area contributed by atoms with Crippen LogP contribution in [0.15, 0.2) is 71.6 Å². The molecular formula is C30H34Cl3N3O4S. The highest BCUT2D eigenvalue weighted by molar-refractivity contribution is 7.92. The second kappa shape index (κ2) is 14.9. The zero-order valence-corrected chi connectivity index (χ0v) is 26.3. The molecule has 0 radical (unpaired) electrons. The number of amides is 2. The van der Waals surface area contributed by atoms with Gasteiger partial charge in [0.15, 0.2) is 0 Å². The maximum atomic E-state index is 14.1. The van der Waals surface area contributed by atoms with Crippen LogP contribution in [0.4, 0.5) is 5.69 Å². The molecule has 3 aromatic carbocycles. The van der Waals surface area contributed by atoms with Gasteiger partial charge in [0, 0.05) is 28.7 Å². The fourth-order valence-electron chi connectivity index (χ4n) is 4.28. The summed E-state index contributed by atoms with van der Waals surface area (Å²) in [6.45, 7) is 5.39. The SMILES string of the molecule is CCCCNC(=O)C(CC)N(Cc1c(Cl)cccc1Cl)C(=O)CN(c1ccccc1Cl)S(=O)(=O)c1ccc(C)cc1. The summed E-state index contributed by atoms with van der Waals surface area (Å²) in [6, 6.07) is 16.8. The molecule has 0 fully saturated rings. The monoisotopic (exact) mass is 637 g/mol. The van der Waals surface area contributed by atoms with Crippen molar-refractivity contribution in [2.24, 2.45) is 0 Å². The van der Waals surface area contributed by atoms with Crippen LogP contribution in [0.2, 0.25) is 15.1 Å². The molecule has 7 nitrogen and oxygen atoms in total. The molecule has 41 heavy (non-hydrogen) atoms. The van der Waals surface area contributed by atoms with Crippen molar-refractivity contribution in [3.05, 3.63) is 92.9 Å². The lowest BCUT2D eigenvalue weighted by atomic mass is 10.1. The maximum Gasteiger partial charge on any atom is 0.264 e. The lowest BCUT2D eigenvalue weighted by molar-refractivity contribution is -0.140. The predicted octanol–water partition coefficient (Wildman–Crippen LogP) is 6.87. The molecule has 1 unspecified atom stereocenters. The van der Waals surface area contributed by atoms with Crippen LogP contribution in [-0.4, -0.2) is 44.3 Å². The first-order chi connectivity index (χ1) is 19.5. The van der Waals surface area contributed by atoms with Crippen molar-refractivity contribution in [3.63, 3.8) is 0 Å². The van der Waals surface area contributed by atoms with Gasteiger partial charge < -0.3 is 10.2 Å². The van der Waals surface area contributed by atoms with Gasteiger partial charge in [-0.2, -0.15) is 0 Å². The van der Waals surface area contributed by atoms with Gasteiger partial charge in [0.2, 0.25) is 11.8 Å². The molecule has 0 aliphatic rings. The van der Waals surface area contributed by atoms with Gasteiger partial charge in [0.1, 0.15) is 12.6 Å². The molecule has 0 aliphatic carbocycles. The van der Waals surface area contributed by atoms with E-state index in [4.69, 9.17) is 34.8 Å². The van der Waals surface area contributed by atoms with Crippen LogP contribution < -0.4 is 9.62 Å². The highest BCUT2D eigenvalue weighted by Crippen LogP contribution is 2.32. The summed E-state index contributed by atoms with van der Waals surface area (Å²) in [4.78, 5) is 28.8. The Bertz CT molecular complexity index is 1450. The quantitative estimate of drug-likeness (QED) is 0.207. The Morgan fingerprint density at radius 3 is 2.07 bits per heavy atom. The Morgan fingerprint density at radius 2 is 1.49 bits per heavy atom. The van der Waals surface area contributed by atoms with Crippen molar-refractivity contribution in [1.29, 1.82) is 0 Å². The number of nitrogens with one attached hydrogen (secondary N) is 1. The molecule has 0 heterocycles. The molecule has 0 spiro atoms. The smallest absolute Gasteiger partial charge is 0.264 e. The fourth-order valence-corrected chi connectivity index (χ4v) is 6.52. The van der Waals surface area contributed by atoms with E-state index in [-0.39, 0.29) is 34.5 Å². The van der Waals surface area contributed by atoms with Crippen molar-refractivity contribution in [3.8, 4) is 0 Å². The zero-order valence-electron chi connectivity index (χ0n) is 23.2. The predicted molar refractivity (Wildman–Crippen MR) is 166 cm³/mol. The van der Waals surface area contributed by atoms with E-state index in [2.05, 4.69) is 5.32 Å². The second-order valence-corrected chi connectivity index (χ2v) is 12.7. The van der Waals surface area contributed by atoms with E-state index in [1.165, 1.54) is 23.1 Å². The molecule has 0 bridgehead atoms. The van der Waals surface area contributed by atoms with Gasteiger partial charge >= 0.3 is 0 Å². The molecule has 0 saturated heterocycles. The zero-order chi connectivity index (χ0) is 30.2. The van der Waals surface area contributed by atoms with Crippen LogP contribution in [0.25, 0.3) is 0 Å². The average molecular weight is 639 g/mol. The molecular weight excluding hydrogens is 605 g/mol. The van der Waals surface area contributed by atoms with Gasteiger partial charge in [-0.15, -0.1) is 0 Å². The first kappa shape index (κ1) is 32.7. The highest BCUT2D eigenvalue weighted by Gasteiger charge is 2.34. The van der Waals surface area contributed by atoms with E-state index in [0.29, 0.717) is 22.2 Å². The van der Waals surface area contributed by atoms with Crippen LogP contribution in [0.3, 0.4) is 0 Å². The lowest BCUT2D eigenvalue weighted by Gasteiger charge is -2.33. The molecule has 2 amide bonds. The van der Waals surface area contributed by atoms with E-state index < -0.39 is 28.5 Å². The minimum absolute atomic E-state index is 0.000804. The number of carbonyl (C=O) groups excluding carboxylic acids is 2. The van der Waals surface area contributed by atoms with Crippen LogP contribution in [0, 0.1) is 6.92 Å². The Labute approximate surface area is 257 Å². The first-order valence-electron chi connectivity index (χ1n) is 13.3. The number of para-hydroxylation sites is 1. The standard InChI is InChI=1S/C30H34Cl3N3O4S/c1-4-6-18-34-30(38)27(5-2)35(19-23-24(31)11-9-12-25(23)32)29(37)20-36(28-13-8-7-10-26(28)33)41(39,40)22-16-14-21(3)15-17-22/h7-17,27H,4-6,18-20H2,1-3H3,(H,34,38). The summed E-state index contributed by atoms with van der Waals surface area (Å²) >= 11 is 19.4. The molecule has 11 heteroatoms. The van der Waals surface area contributed by atoms with Gasteiger partial charge in [-0.25, -0.2) is 8.42 Å². The third kappa shape index (κ3) is 8.16. The van der Waals surface area contributed by atoms with Gasteiger partial charge in [-0.1, -0.05) is 91.0 Å². The summed E-state index contributed by atoms with van der Waals surface area (Å²) in [5.74, 6) is -0.961. The molecule has 1 N–H and O–H groups in total. The van der Waals surface area contributed by atoms with Gasteiger partial charge in [-0.3, -0.25) is 13.9 Å². The number of aryl methyl sites for hydroxylation is 1. The molecule has 3 aromatic rings. The number of hydrogen-bond acceptors (Lipinski definition) is 4. The summed E-state index contributed by atoms with van der Waals surface area (Å²) in [5, 5.41) is 3.69. The number of hydrogen-bond donors (Lipinski definition) is 1. The minimum atomic E-state index is -4.23. The summed E-state index contributed by atoms with van der Waals surface area (Å²) in [5.41, 5.74) is 1.47. The molecule has 0 saturated carbocycles. The van der Waals surface area contributed by atoms with Crippen LogP contribution in [0.5, 0.6) is 0 Å². The van der Waals surface area contributed by atoms with E-state index in [1.54, 1.807) is 55.5 Å². The topological polar surface area (TPSA) is 86.8 Å². The van der Waals surface area contributed by atoms with E-state index in [1.807, 2.05) is 13.8 Å². The Morgan fingerprint density at radius 1 is 0.878 bits per heavy atom. The number of carbonyl (C=O) groups is 2. The molecule has 3 rings (SSSR count). The van der Waals surface area contributed by atoms with Crippen LogP contribution in [0.1, 0.15) is 44.2 Å². The number of halogens is 3. The van der Waals surface area contributed by atoms with Crippen LogP contribution in [-0.2, 0) is 26.2 Å². The first-order valence-corrected chi connectivity index (χ1v) is 15.9. The highest BCUT2D eigenvalue weighted by atomic mass is 35.5. The summed E-state index contributed by atoms with van der Waals surface area (Å²) < 4.78 is 28.9. The lowest BCUT2D eigenvalue weighted by Crippen LogP contribution is -2.52. The largest absolute Gasteiger partial charge is 0.354 e. The summed E-state index contributed by atoms with van der Waals surface area (Å²) in [6.07, 6.45) is 1.95. The van der Waals surface area contributed by atoms with E-state index >= 15 is 0 Å². The molecule has 0 aromatic heterocycles. The average Bonchev–Trinajstić information content (AvgIpc) is 2.94. The second-order valence-electron chi connectivity index (χ2n) is 9.57. The number of anilines is 1. The summed E-state index contributed by atoms with van der Waals surface area (Å²) in [7, 11) is -4.23. The Hall–Kier alpha value is -2.78. The minimum Gasteiger partial charge on any atom is -0.354 e. The normalized spacial score (nSPS) is 12.0. The van der Waals surface area contributed by atoms with Crippen molar-refractivity contribution in [2.75, 3.05) is 17.4 Å². The van der Waals surface area contributed by atoms with Crippen LogP contribution >= 0.6 is 34.8 Å². The Balaban J connectivity index is 2.09.